The summed E-state index contributed by atoms with van der Waals surface area (Å²) >= 11 is 1.52. The molecule has 0 aliphatic heterocycles. The molecule has 0 aliphatic carbocycles. The maximum absolute atomic E-state index is 12.5. The van der Waals surface area contributed by atoms with E-state index in [1.807, 2.05) is 25.1 Å². The lowest BCUT2D eigenvalue weighted by molar-refractivity contribution is -0.0501. The maximum Gasteiger partial charge on any atom is 0.387 e. The molecule has 0 radical (unpaired) electrons. The molecule has 0 fully saturated rings. The zero-order valence-corrected chi connectivity index (χ0v) is 13.5. The largest absolute Gasteiger partial charge is 0.434 e. The average molecular weight is 348 g/mol. The Labute approximate surface area is 141 Å². The van der Waals surface area contributed by atoms with Crippen molar-refractivity contribution in [2.75, 3.05) is 0 Å². The molecule has 0 saturated heterocycles. The number of thiazole rings is 1. The van der Waals surface area contributed by atoms with Crippen molar-refractivity contribution < 1.29 is 18.3 Å². The number of amides is 1. The molecule has 1 amide bonds. The monoisotopic (exact) mass is 348 g/mol. The third-order valence-corrected chi connectivity index (χ3v) is 4.34. The zero-order valence-electron chi connectivity index (χ0n) is 12.7. The van der Waals surface area contributed by atoms with E-state index in [0.29, 0.717) is 0 Å². The number of benzene rings is 2. The highest BCUT2D eigenvalue weighted by Gasteiger charge is 2.17. The van der Waals surface area contributed by atoms with Gasteiger partial charge >= 0.3 is 6.61 Å². The molecule has 0 saturated carbocycles. The summed E-state index contributed by atoms with van der Waals surface area (Å²) in [5.74, 6) is -0.613. The highest BCUT2D eigenvalue weighted by atomic mass is 32.1. The van der Waals surface area contributed by atoms with Gasteiger partial charge in [0.25, 0.3) is 5.91 Å². The Morgan fingerprint density at radius 1 is 1.25 bits per heavy atom. The van der Waals surface area contributed by atoms with Crippen LogP contribution in [0.25, 0.3) is 10.2 Å². The van der Waals surface area contributed by atoms with Crippen LogP contribution in [-0.2, 0) is 0 Å². The van der Waals surface area contributed by atoms with E-state index in [1.54, 1.807) is 11.6 Å². The number of alkyl halides is 2. The highest BCUT2D eigenvalue weighted by Crippen LogP contribution is 2.24. The summed E-state index contributed by atoms with van der Waals surface area (Å²) in [5, 5.41) is 2.80. The predicted octanol–water partition coefficient (Wildman–Crippen LogP) is 4.39. The summed E-state index contributed by atoms with van der Waals surface area (Å²) in [5.41, 5.74) is 3.64. The van der Waals surface area contributed by atoms with E-state index in [2.05, 4.69) is 15.0 Å². The molecular formula is C17H14F2N2O2S. The molecule has 7 heteroatoms. The van der Waals surface area contributed by atoms with Gasteiger partial charge in [0.15, 0.2) is 0 Å². The number of rotatable bonds is 5. The zero-order chi connectivity index (χ0) is 17.1. The highest BCUT2D eigenvalue weighted by molar-refractivity contribution is 7.16. The first-order chi connectivity index (χ1) is 11.5. The van der Waals surface area contributed by atoms with Crippen LogP contribution in [0.15, 0.2) is 48.0 Å². The Morgan fingerprint density at radius 3 is 2.83 bits per heavy atom. The minimum atomic E-state index is -2.98. The molecule has 1 unspecified atom stereocenters. The Bertz CT molecular complexity index is 866. The van der Waals surface area contributed by atoms with Crippen molar-refractivity contribution in [3.63, 3.8) is 0 Å². The lowest BCUT2D eigenvalue weighted by Crippen LogP contribution is -2.27. The fourth-order valence-corrected chi connectivity index (χ4v) is 3.08. The third kappa shape index (κ3) is 3.51. The van der Waals surface area contributed by atoms with Gasteiger partial charge in [-0.2, -0.15) is 8.78 Å². The van der Waals surface area contributed by atoms with Crippen LogP contribution in [0, 0.1) is 0 Å². The molecule has 3 rings (SSSR count). The second kappa shape index (κ2) is 6.92. The second-order valence-corrected chi connectivity index (χ2v) is 6.04. The molecule has 1 heterocycles. The normalized spacial score (nSPS) is 12.3. The van der Waals surface area contributed by atoms with Crippen molar-refractivity contribution in [1.29, 1.82) is 0 Å². The van der Waals surface area contributed by atoms with Crippen LogP contribution < -0.4 is 10.1 Å². The Kier molecular flexibility index (Phi) is 4.71. The van der Waals surface area contributed by atoms with Crippen LogP contribution >= 0.6 is 11.3 Å². The van der Waals surface area contributed by atoms with E-state index in [-0.39, 0.29) is 17.4 Å². The van der Waals surface area contributed by atoms with Gasteiger partial charge in [-0.3, -0.25) is 4.79 Å². The number of para-hydroxylation sites is 1. The Balaban J connectivity index is 1.78. The summed E-state index contributed by atoms with van der Waals surface area (Å²) in [7, 11) is 0. The number of hydrogen-bond donors (Lipinski definition) is 1. The van der Waals surface area contributed by atoms with E-state index in [4.69, 9.17) is 0 Å². The quantitative estimate of drug-likeness (QED) is 0.744. The van der Waals surface area contributed by atoms with Gasteiger partial charge in [0.05, 0.1) is 27.3 Å². The molecule has 0 bridgehead atoms. The number of carbonyl (C=O) groups is 1. The van der Waals surface area contributed by atoms with Crippen LogP contribution in [0.3, 0.4) is 0 Å². The van der Waals surface area contributed by atoms with Crippen LogP contribution in [0.2, 0.25) is 0 Å². The molecule has 4 nitrogen and oxygen atoms in total. The molecule has 2 aromatic carbocycles. The van der Waals surface area contributed by atoms with E-state index >= 15 is 0 Å². The molecular weight excluding hydrogens is 334 g/mol. The summed E-state index contributed by atoms with van der Waals surface area (Å²) in [6, 6.07) is 11.4. The number of hydrogen-bond acceptors (Lipinski definition) is 4. The summed E-state index contributed by atoms with van der Waals surface area (Å²) in [6.07, 6.45) is 0. The molecule has 124 valence electrons. The summed E-state index contributed by atoms with van der Waals surface area (Å²) in [4.78, 5) is 16.6. The van der Waals surface area contributed by atoms with E-state index in [0.717, 1.165) is 15.8 Å². The minimum absolute atomic E-state index is 0.0727. The number of nitrogens with one attached hydrogen (secondary N) is 1. The van der Waals surface area contributed by atoms with Gasteiger partial charge in [0.1, 0.15) is 5.75 Å². The second-order valence-electron chi connectivity index (χ2n) is 5.15. The van der Waals surface area contributed by atoms with Crippen molar-refractivity contribution in [1.82, 2.24) is 10.3 Å². The number of carbonyl (C=O) groups excluding carboxylic acids is 1. The van der Waals surface area contributed by atoms with E-state index in [9.17, 15) is 13.6 Å². The molecule has 0 aliphatic rings. The molecule has 0 spiro atoms. The van der Waals surface area contributed by atoms with E-state index < -0.39 is 12.5 Å². The van der Waals surface area contributed by atoms with Gasteiger partial charge in [-0.25, -0.2) is 4.98 Å². The standard InChI is InChI=1S/C17H14F2N2O2S/c1-10(11-6-7-13-15(8-11)24-9-20-13)21-16(22)12-4-2-3-5-14(12)23-17(18)19/h2-10,17H,1H3,(H,21,22). The number of halogens is 2. The van der Waals surface area contributed by atoms with Gasteiger partial charge in [0.2, 0.25) is 0 Å². The number of ether oxygens (including phenoxy) is 1. The average Bonchev–Trinajstić information content (AvgIpc) is 3.02. The lowest BCUT2D eigenvalue weighted by atomic mass is 10.1. The summed E-state index contributed by atoms with van der Waals surface area (Å²) < 4.78 is 30.3. The predicted molar refractivity (Wildman–Crippen MR) is 88.6 cm³/mol. The van der Waals surface area contributed by atoms with Gasteiger partial charge in [-0.1, -0.05) is 18.2 Å². The number of fused-ring (bicyclic) bond motifs is 1. The van der Waals surface area contributed by atoms with Crippen molar-refractivity contribution in [2.45, 2.75) is 19.6 Å². The van der Waals surface area contributed by atoms with Crippen LogP contribution in [0.1, 0.15) is 28.9 Å². The van der Waals surface area contributed by atoms with Gasteiger partial charge < -0.3 is 10.1 Å². The summed E-state index contributed by atoms with van der Waals surface area (Å²) in [6.45, 7) is -1.15. The first-order valence-electron chi connectivity index (χ1n) is 7.22. The third-order valence-electron chi connectivity index (χ3n) is 3.55. The van der Waals surface area contributed by atoms with Crippen LogP contribution in [-0.4, -0.2) is 17.5 Å². The lowest BCUT2D eigenvalue weighted by Gasteiger charge is -2.16. The van der Waals surface area contributed by atoms with Crippen molar-refractivity contribution >= 4 is 27.5 Å². The van der Waals surface area contributed by atoms with Gasteiger partial charge in [-0.15, -0.1) is 11.3 Å². The van der Waals surface area contributed by atoms with Crippen molar-refractivity contribution in [3.8, 4) is 5.75 Å². The molecule has 24 heavy (non-hydrogen) atoms. The first kappa shape index (κ1) is 16.3. The first-order valence-corrected chi connectivity index (χ1v) is 8.10. The van der Waals surface area contributed by atoms with Crippen molar-refractivity contribution in [3.05, 3.63) is 59.1 Å². The molecule has 3 aromatic rings. The van der Waals surface area contributed by atoms with Gasteiger partial charge in [0, 0.05) is 0 Å². The molecule has 1 atom stereocenters. The fraction of sp³-hybridized carbons (Fsp3) is 0.176. The number of nitrogens with zero attached hydrogens (tertiary/aromatic N) is 1. The Hall–Kier alpha value is -2.54. The van der Waals surface area contributed by atoms with E-state index in [1.165, 1.54) is 29.5 Å². The topological polar surface area (TPSA) is 51.2 Å². The molecule has 1 aromatic heterocycles. The molecule has 1 N–H and O–H groups in total. The van der Waals surface area contributed by atoms with Crippen LogP contribution in [0.4, 0.5) is 8.78 Å². The SMILES string of the molecule is CC(NC(=O)c1ccccc1OC(F)F)c1ccc2ncsc2c1. The fourth-order valence-electron chi connectivity index (χ4n) is 2.35. The number of aromatic nitrogens is 1. The minimum Gasteiger partial charge on any atom is -0.434 e. The smallest absolute Gasteiger partial charge is 0.387 e. The van der Waals surface area contributed by atoms with Crippen molar-refractivity contribution in [2.24, 2.45) is 0 Å². The Morgan fingerprint density at radius 2 is 2.04 bits per heavy atom. The maximum atomic E-state index is 12.5. The van der Waals surface area contributed by atoms with Crippen LogP contribution in [0.5, 0.6) is 5.75 Å². The van der Waals surface area contributed by atoms with Gasteiger partial charge in [-0.05, 0) is 36.8 Å².